The van der Waals surface area contributed by atoms with E-state index in [9.17, 15) is 4.79 Å². The highest BCUT2D eigenvalue weighted by Crippen LogP contribution is 2.36. The lowest BCUT2D eigenvalue weighted by atomic mass is 9.94. The van der Waals surface area contributed by atoms with E-state index in [4.69, 9.17) is 16.3 Å². The maximum absolute atomic E-state index is 12.4. The number of hydrogen-bond donors (Lipinski definition) is 0. The fourth-order valence-corrected chi connectivity index (χ4v) is 2.93. The van der Waals surface area contributed by atoms with Crippen molar-refractivity contribution in [3.8, 4) is 5.75 Å². The standard InChI is InChI=1S/C15H19ClO2/c1-3-10-4-5-11(8-10)15(17)12-6-7-13(16)14(9-12)18-2/h6-7,9-11H,3-5,8H2,1-2H3. The largest absolute Gasteiger partial charge is 0.495 e. The Morgan fingerprint density at radius 2 is 2.22 bits per heavy atom. The number of carbonyl (C=O) groups is 1. The number of methoxy groups -OCH3 is 1. The molecule has 0 amide bonds. The highest BCUT2D eigenvalue weighted by Gasteiger charge is 2.29. The van der Waals surface area contributed by atoms with Crippen molar-refractivity contribution in [1.29, 1.82) is 0 Å². The van der Waals surface area contributed by atoms with Crippen molar-refractivity contribution >= 4 is 17.4 Å². The van der Waals surface area contributed by atoms with Crippen LogP contribution in [0.25, 0.3) is 0 Å². The summed E-state index contributed by atoms with van der Waals surface area (Å²) in [4.78, 5) is 12.4. The molecule has 0 aromatic heterocycles. The van der Waals surface area contributed by atoms with Crippen LogP contribution < -0.4 is 4.74 Å². The summed E-state index contributed by atoms with van der Waals surface area (Å²) in [6.07, 6.45) is 4.40. The highest BCUT2D eigenvalue weighted by molar-refractivity contribution is 6.32. The maximum Gasteiger partial charge on any atom is 0.166 e. The molecule has 0 spiro atoms. The minimum Gasteiger partial charge on any atom is -0.495 e. The van der Waals surface area contributed by atoms with Gasteiger partial charge in [-0.15, -0.1) is 0 Å². The molecule has 0 N–H and O–H groups in total. The van der Waals surface area contributed by atoms with E-state index in [2.05, 4.69) is 6.92 Å². The third-order valence-electron chi connectivity index (χ3n) is 3.93. The summed E-state index contributed by atoms with van der Waals surface area (Å²) < 4.78 is 5.16. The van der Waals surface area contributed by atoms with Crippen LogP contribution in [-0.2, 0) is 0 Å². The van der Waals surface area contributed by atoms with Crippen LogP contribution in [0.2, 0.25) is 5.02 Å². The second kappa shape index (κ2) is 5.75. The number of carbonyl (C=O) groups excluding carboxylic acids is 1. The lowest BCUT2D eigenvalue weighted by Gasteiger charge is -2.11. The van der Waals surface area contributed by atoms with Gasteiger partial charge < -0.3 is 4.74 Å². The molecule has 0 saturated heterocycles. The number of hydrogen-bond acceptors (Lipinski definition) is 2. The fourth-order valence-electron chi connectivity index (χ4n) is 2.73. The van der Waals surface area contributed by atoms with Crippen LogP contribution in [0.1, 0.15) is 43.0 Å². The third kappa shape index (κ3) is 2.69. The minimum absolute atomic E-state index is 0.181. The van der Waals surface area contributed by atoms with E-state index in [1.54, 1.807) is 25.3 Å². The Bertz CT molecular complexity index is 442. The van der Waals surface area contributed by atoms with E-state index in [0.717, 1.165) is 18.4 Å². The van der Waals surface area contributed by atoms with Gasteiger partial charge in [-0.25, -0.2) is 0 Å². The summed E-state index contributed by atoms with van der Waals surface area (Å²) in [5.41, 5.74) is 0.720. The van der Waals surface area contributed by atoms with E-state index in [0.29, 0.717) is 16.7 Å². The van der Waals surface area contributed by atoms with Gasteiger partial charge in [0.25, 0.3) is 0 Å². The van der Waals surface area contributed by atoms with E-state index in [1.165, 1.54) is 12.8 Å². The lowest BCUT2D eigenvalue weighted by molar-refractivity contribution is 0.0919. The van der Waals surface area contributed by atoms with Crippen molar-refractivity contribution in [3.63, 3.8) is 0 Å². The van der Waals surface area contributed by atoms with Crippen molar-refractivity contribution < 1.29 is 9.53 Å². The van der Waals surface area contributed by atoms with Crippen LogP contribution in [0, 0.1) is 11.8 Å². The first-order valence-corrected chi connectivity index (χ1v) is 6.91. The number of Topliss-reactive ketones (excluding diaryl/α,β-unsaturated/α-hetero) is 1. The van der Waals surface area contributed by atoms with Crippen LogP contribution in [-0.4, -0.2) is 12.9 Å². The third-order valence-corrected chi connectivity index (χ3v) is 4.24. The smallest absolute Gasteiger partial charge is 0.166 e. The average Bonchev–Trinajstić information content (AvgIpc) is 2.87. The molecule has 1 saturated carbocycles. The maximum atomic E-state index is 12.4. The monoisotopic (exact) mass is 266 g/mol. The van der Waals surface area contributed by atoms with Crippen LogP contribution in [0.5, 0.6) is 5.75 Å². The summed E-state index contributed by atoms with van der Waals surface area (Å²) in [6.45, 7) is 2.20. The van der Waals surface area contributed by atoms with Crippen LogP contribution in [0.3, 0.4) is 0 Å². The second-order valence-corrected chi connectivity index (χ2v) is 5.41. The molecule has 0 aliphatic heterocycles. The molecule has 1 aromatic carbocycles. The van der Waals surface area contributed by atoms with Crippen molar-refractivity contribution in [3.05, 3.63) is 28.8 Å². The second-order valence-electron chi connectivity index (χ2n) is 5.00. The molecule has 98 valence electrons. The predicted molar refractivity (Wildman–Crippen MR) is 73.5 cm³/mol. The van der Waals surface area contributed by atoms with Gasteiger partial charge in [-0.3, -0.25) is 4.79 Å². The Kier molecular flexibility index (Phi) is 4.28. The first kappa shape index (κ1) is 13.4. The fraction of sp³-hybridized carbons (Fsp3) is 0.533. The first-order valence-electron chi connectivity index (χ1n) is 6.53. The van der Waals surface area contributed by atoms with Gasteiger partial charge in [0.05, 0.1) is 12.1 Å². The van der Waals surface area contributed by atoms with E-state index in [-0.39, 0.29) is 11.7 Å². The number of halogens is 1. The summed E-state index contributed by atoms with van der Waals surface area (Å²) >= 11 is 5.97. The molecule has 0 radical (unpaired) electrons. The molecule has 2 unspecified atom stereocenters. The lowest BCUT2D eigenvalue weighted by Crippen LogP contribution is -2.12. The minimum atomic E-state index is 0.181. The van der Waals surface area contributed by atoms with Crippen molar-refractivity contribution in [2.75, 3.05) is 7.11 Å². The number of benzene rings is 1. The zero-order valence-electron chi connectivity index (χ0n) is 10.9. The summed E-state index contributed by atoms with van der Waals surface area (Å²) in [5.74, 6) is 1.71. The van der Waals surface area contributed by atoms with Crippen LogP contribution in [0.4, 0.5) is 0 Å². The first-order chi connectivity index (χ1) is 8.65. The van der Waals surface area contributed by atoms with Gasteiger partial charge in [-0.2, -0.15) is 0 Å². The molecule has 2 atom stereocenters. The Balaban J connectivity index is 2.14. The SMILES string of the molecule is CCC1CCC(C(=O)c2ccc(Cl)c(OC)c2)C1. The average molecular weight is 267 g/mol. The van der Waals surface area contributed by atoms with E-state index < -0.39 is 0 Å². The predicted octanol–water partition coefficient (Wildman–Crippen LogP) is 4.36. The Morgan fingerprint density at radius 3 is 2.83 bits per heavy atom. The van der Waals surface area contributed by atoms with Gasteiger partial charge in [-0.1, -0.05) is 24.9 Å². The Hall–Kier alpha value is -1.02. The van der Waals surface area contributed by atoms with Crippen molar-refractivity contribution in [2.45, 2.75) is 32.6 Å². The number of rotatable bonds is 4. The quantitative estimate of drug-likeness (QED) is 0.757. The van der Waals surface area contributed by atoms with Crippen molar-refractivity contribution in [2.24, 2.45) is 11.8 Å². The number of ether oxygens (including phenoxy) is 1. The molecule has 1 aliphatic carbocycles. The number of ketones is 1. The molecular formula is C15H19ClO2. The van der Waals surface area contributed by atoms with Crippen molar-refractivity contribution in [1.82, 2.24) is 0 Å². The highest BCUT2D eigenvalue weighted by atomic mass is 35.5. The molecule has 0 bridgehead atoms. The van der Waals surface area contributed by atoms with Gasteiger partial charge in [0.1, 0.15) is 5.75 Å². The summed E-state index contributed by atoms with van der Waals surface area (Å²) in [6, 6.07) is 5.29. The molecule has 0 heterocycles. The topological polar surface area (TPSA) is 26.3 Å². The van der Waals surface area contributed by atoms with Crippen LogP contribution >= 0.6 is 11.6 Å². The molecule has 1 fully saturated rings. The normalized spacial score (nSPS) is 23.1. The van der Waals surface area contributed by atoms with E-state index in [1.807, 2.05) is 0 Å². The zero-order valence-corrected chi connectivity index (χ0v) is 11.7. The van der Waals surface area contributed by atoms with Gasteiger partial charge in [0.2, 0.25) is 0 Å². The Morgan fingerprint density at radius 1 is 1.44 bits per heavy atom. The molecule has 1 aromatic rings. The van der Waals surface area contributed by atoms with E-state index >= 15 is 0 Å². The molecular weight excluding hydrogens is 248 g/mol. The van der Waals surface area contributed by atoms with Gasteiger partial charge in [0.15, 0.2) is 5.78 Å². The van der Waals surface area contributed by atoms with Gasteiger partial charge in [0, 0.05) is 11.5 Å². The van der Waals surface area contributed by atoms with Crippen LogP contribution in [0.15, 0.2) is 18.2 Å². The van der Waals surface area contributed by atoms with Gasteiger partial charge >= 0.3 is 0 Å². The van der Waals surface area contributed by atoms with Gasteiger partial charge in [-0.05, 0) is 43.4 Å². The molecule has 2 nitrogen and oxygen atoms in total. The molecule has 3 heteroatoms. The Labute approximate surface area is 113 Å². The molecule has 18 heavy (non-hydrogen) atoms. The molecule has 1 aliphatic rings. The zero-order chi connectivity index (χ0) is 13.1. The summed E-state index contributed by atoms with van der Waals surface area (Å²) in [5, 5.41) is 0.548. The summed E-state index contributed by atoms with van der Waals surface area (Å²) in [7, 11) is 1.57. The molecule has 2 rings (SSSR count).